The van der Waals surface area contributed by atoms with Crippen molar-refractivity contribution in [1.29, 1.82) is 0 Å². The van der Waals surface area contributed by atoms with Crippen molar-refractivity contribution in [3.8, 4) is 11.5 Å². The molecule has 2 aromatic carbocycles. The molecule has 1 aliphatic rings. The first-order valence-electron chi connectivity index (χ1n) is 11.5. The highest BCUT2D eigenvalue weighted by Gasteiger charge is 2.24. The van der Waals surface area contributed by atoms with E-state index >= 15 is 0 Å². The highest BCUT2D eigenvalue weighted by atomic mass is 79.9. The van der Waals surface area contributed by atoms with Crippen LogP contribution < -0.4 is 19.7 Å². The molecule has 0 saturated carbocycles. The normalized spacial score (nSPS) is 15.5. The lowest BCUT2D eigenvalue weighted by molar-refractivity contribution is 0.121. The summed E-state index contributed by atoms with van der Waals surface area (Å²) in [6, 6.07) is 14.2. The number of benzene rings is 2. The highest BCUT2D eigenvalue weighted by Crippen LogP contribution is 2.36. The Hall–Kier alpha value is -2.77. The summed E-state index contributed by atoms with van der Waals surface area (Å²) in [6.45, 7) is 8.58. The summed E-state index contributed by atoms with van der Waals surface area (Å²) in [6.07, 6.45) is 1.32. The molecule has 3 aromatic rings. The van der Waals surface area contributed by atoms with Gasteiger partial charge in [0.1, 0.15) is 23.9 Å². The van der Waals surface area contributed by atoms with Gasteiger partial charge >= 0.3 is 0 Å². The minimum absolute atomic E-state index is 0.280. The van der Waals surface area contributed by atoms with Crippen molar-refractivity contribution >= 4 is 33.1 Å². The first-order valence-corrected chi connectivity index (χ1v) is 12.3. The van der Waals surface area contributed by atoms with Gasteiger partial charge < -0.3 is 24.4 Å². The molecule has 1 aliphatic heterocycles. The lowest BCUT2D eigenvalue weighted by Gasteiger charge is -2.22. The summed E-state index contributed by atoms with van der Waals surface area (Å²) in [5.41, 5.74) is 6.40. The van der Waals surface area contributed by atoms with Crippen LogP contribution in [0.3, 0.4) is 0 Å². The zero-order chi connectivity index (χ0) is 24.2. The van der Waals surface area contributed by atoms with Crippen LogP contribution in [0.15, 0.2) is 46.9 Å². The number of hydrogen-bond donors (Lipinski definition) is 1. The van der Waals surface area contributed by atoms with Crippen LogP contribution in [0.4, 0.5) is 17.2 Å². The SMILES string of the molecule is COc1ccc(COc2ccc(C)c(Nc3nc(C)c(N4CC[C@@H](OC)C4)cc3Br)c2C)cc1. The van der Waals surface area contributed by atoms with Crippen molar-refractivity contribution in [1.82, 2.24) is 4.98 Å². The van der Waals surface area contributed by atoms with Crippen LogP contribution in [-0.4, -0.2) is 38.4 Å². The second-order valence-corrected chi connectivity index (χ2v) is 9.51. The first kappa shape index (κ1) is 24.4. The summed E-state index contributed by atoms with van der Waals surface area (Å²) in [4.78, 5) is 7.23. The van der Waals surface area contributed by atoms with Crippen molar-refractivity contribution in [2.75, 3.05) is 37.5 Å². The topological polar surface area (TPSA) is 55.9 Å². The van der Waals surface area contributed by atoms with E-state index in [9.17, 15) is 0 Å². The van der Waals surface area contributed by atoms with E-state index in [0.29, 0.717) is 6.61 Å². The molecule has 1 atom stereocenters. The molecular weight excluding hydrogens is 494 g/mol. The maximum atomic E-state index is 6.16. The van der Waals surface area contributed by atoms with Gasteiger partial charge in [0.25, 0.3) is 0 Å². The van der Waals surface area contributed by atoms with Crippen LogP contribution in [0.25, 0.3) is 0 Å². The van der Waals surface area contributed by atoms with Crippen LogP contribution >= 0.6 is 15.9 Å². The van der Waals surface area contributed by atoms with E-state index < -0.39 is 0 Å². The van der Waals surface area contributed by atoms with Gasteiger partial charge in [0, 0.05) is 31.5 Å². The average molecular weight is 526 g/mol. The molecule has 1 aromatic heterocycles. The number of hydrogen-bond acceptors (Lipinski definition) is 6. The third-order valence-electron chi connectivity index (χ3n) is 6.38. The minimum Gasteiger partial charge on any atom is -0.497 e. The smallest absolute Gasteiger partial charge is 0.145 e. The van der Waals surface area contributed by atoms with Gasteiger partial charge in [-0.25, -0.2) is 4.98 Å². The Kier molecular flexibility index (Phi) is 7.63. The molecule has 180 valence electrons. The summed E-state index contributed by atoms with van der Waals surface area (Å²) < 4.78 is 17.8. The monoisotopic (exact) mass is 525 g/mol. The number of nitrogens with one attached hydrogen (secondary N) is 1. The number of anilines is 3. The number of rotatable bonds is 8. The third kappa shape index (κ3) is 5.31. The summed E-state index contributed by atoms with van der Waals surface area (Å²) >= 11 is 3.73. The van der Waals surface area contributed by atoms with Gasteiger partial charge in [-0.15, -0.1) is 0 Å². The predicted octanol–water partition coefficient (Wildman–Crippen LogP) is 6.33. The molecule has 0 unspecified atom stereocenters. The van der Waals surface area contributed by atoms with E-state index in [1.165, 1.54) is 0 Å². The Morgan fingerprint density at radius 1 is 1.09 bits per heavy atom. The molecule has 0 spiro atoms. The fourth-order valence-corrected chi connectivity index (χ4v) is 4.70. The predicted molar refractivity (Wildman–Crippen MR) is 141 cm³/mol. The molecule has 7 heteroatoms. The van der Waals surface area contributed by atoms with E-state index in [2.05, 4.69) is 59.1 Å². The fraction of sp³-hybridized carbons (Fsp3) is 0.370. The van der Waals surface area contributed by atoms with Crippen LogP contribution in [0.1, 0.15) is 28.8 Å². The quantitative estimate of drug-likeness (QED) is 0.371. The number of nitrogens with zero attached hydrogens (tertiary/aromatic N) is 2. The molecule has 0 radical (unpaired) electrons. The maximum Gasteiger partial charge on any atom is 0.145 e. The zero-order valence-corrected chi connectivity index (χ0v) is 22.0. The number of methoxy groups -OCH3 is 2. The molecule has 1 saturated heterocycles. The second-order valence-electron chi connectivity index (χ2n) is 8.66. The van der Waals surface area contributed by atoms with E-state index in [1.54, 1.807) is 14.2 Å². The number of pyridine rings is 1. The standard InChI is InChI=1S/C27H32BrN3O3/c1-17-6-11-25(34-16-20-7-9-21(32-4)10-8-20)18(2)26(17)30-27-23(28)14-24(19(3)29-27)31-13-12-22(15-31)33-5/h6-11,14,22H,12-13,15-16H2,1-5H3,(H,29,30)/t22-/m1/s1. The van der Waals surface area contributed by atoms with Gasteiger partial charge in [-0.1, -0.05) is 18.2 Å². The number of aryl methyl sites for hydroxylation is 2. The average Bonchev–Trinajstić information content (AvgIpc) is 3.32. The first-order chi connectivity index (χ1) is 16.4. The fourth-order valence-electron chi connectivity index (χ4n) is 4.30. The van der Waals surface area contributed by atoms with E-state index in [-0.39, 0.29) is 6.10 Å². The van der Waals surface area contributed by atoms with Gasteiger partial charge in [-0.2, -0.15) is 0 Å². The Morgan fingerprint density at radius 3 is 2.53 bits per heavy atom. The summed E-state index contributed by atoms with van der Waals surface area (Å²) in [7, 11) is 3.45. The summed E-state index contributed by atoms with van der Waals surface area (Å²) in [5, 5.41) is 3.54. The second kappa shape index (κ2) is 10.7. The molecule has 1 N–H and O–H groups in total. The largest absolute Gasteiger partial charge is 0.497 e. The van der Waals surface area contributed by atoms with Crippen LogP contribution in [0.5, 0.6) is 11.5 Å². The van der Waals surface area contributed by atoms with E-state index in [0.717, 1.165) is 75.1 Å². The van der Waals surface area contributed by atoms with Gasteiger partial charge in [-0.05, 0) is 78.5 Å². The van der Waals surface area contributed by atoms with Crippen LogP contribution in [0.2, 0.25) is 0 Å². The number of ether oxygens (including phenoxy) is 3. The van der Waals surface area contributed by atoms with Crippen LogP contribution in [-0.2, 0) is 11.3 Å². The van der Waals surface area contributed by atoms with Gasteiger partial charge in [-0.3, -0.25) is 0 Å². The molecular formula is C27H32BrN3O3. The Balaban J connectivity index is 1.52. The lowest BCUT2D eigenvalue weighted by atomic mass is 10.1. The molecule has 0 amide bonds. The van der Waals surface area contributed by atoms with Crippen molar-refractivity contribution in [3.05, 3.63) is 69.3 Å². The maximum absolute atomic E-state index is 6.16. The van der Waals surface area contributed by atoms with Gasteiger partial charge in [0.2, 0.25) is 0 Å². The van der Waals surface area contributed by atoms with E-state index in [4.69, 9.17) is 19.2 Å². The Labute approximate surface area is 210 Å². The Morgan fingerprint density at radius 2 is 1.85 bits per heavy atom. The zero-order valence-electron chi connectivity index (χ0n) is 20.4. The van der Waals surface area contributed by atoms with Gasteiger partial charge in [0.05, 0.1) is 29.1 Å². The number of aromatic nitrogens is 1. The minimum atomic E-state index is 0.280. The number of halogens is 1. The molecule has 0 bridgehead atoms. The summed E-state index contributed by atoms with van der Waals surface area (Å²) in [5.74, 6) is 2.47. The molecule has 34 heavy (non-hydrogen) atoms. The van der Waals surface area contributed by atoms with E-state index in [1.807, 2.05) is 30.3 Å². The van der Waals surface area contributed by atoms with Crippen LogP contribution in [0, 0.1) is 20.8 Å². The van der Waals surface area contributed by atoms with Crippen molar-refractivity contribution < 1.29 is 14.2 Å². The van der Waals surface area contributed by atoms with Crippen molar-refractivity contribution in [3.63, 3.8) is 0 Å². The lowest BCUT2D eigenvalue weighted by Crippen LogP contribution is -2.23. The van der Waals surface area contributed by atoms with Crippen molar-refractivity contribution in [2.24, 2.45) is 0 Å². The van der Waals surface area contributed by atoms with Crippen molar-refractivity contribution in [2.45, 2.75) is 39.9 Å². The van der Waals surface area contributed by atoms with Gasteiger partial charge in [0.15, 0.2) is 0 Å². The molecule has 4 rings (SSSR count). The Bertz CT molecular complexity index is 1150. The molecule has 6 nitrogen and oxygen atoms in total. The molecule has 2 heterocycles. The highest BCUT2D eigenvalue weighted by molar-refractivity contribution is 9.10. The third-order valence-corrected chi connectivity index (χ3v) is 6.98. The molecule has 0 aliphatic carbocycles. The molecule has 1 fully saturated rings.